The third-order valence-electron chi connectivity index (χ3n) is 9.46. The number of hydrogen-bond donors (Lipinski definition) is 6. The van der Waals surface area contributed by atoms with Crippen LogP contribution in [-0.4, -0.2) is 43.7 Å². The fourth-order valence-electron chi connectivity index (χ4n) is 6.63. The Morgan fingerprint density at radius 2 is 1.57 bits per heavy atom. The maximum absolute atomic E-state index is 13.4. The Morgan fingerprint density at radius 1 is 0.868 bits per heavy atom. The van der Waals surface area contributed by atoms with Gasteiger partial charge in [0.15, 0.2) is 0 Å². The molecule has 2 aliphatic heterocycles. The Hall–Kier alpha value is -5.17. The van der Waals surface area contributed by atoms with Crippen LogP contribution in [0.4, 0.5) is 0 Å². The molecule has 7 heteroatoms. The molecule has 7 nitrogen and oxygen atoms in total. The lowest BCUT2D eigenvalue weighted by atomic mass is 9.98. The Labute approximate surface area is 319 Å². The van der Waals surface area contributed by atoms with Crippen LogP contribution in [0.1, 0.15) is 67.3 Å². The molecule has 5 rings (SSSR count). The van der Waals surface area contributed by atoms with Gasteiger partial charge in [-0.3, -0.25) is 4.79 Å². The summed E-state index contributed by atoms with van der Waals surface area (Å²) in [7, 11) is 0. The van der Waals surface area contributed by atoms with Crippen LogP contribution in [0.25, 0.3) is 0 Å². The molecular weight excluding hydrogens is 653 g/mol. The summed E-state index contributed by atoms with van der Waals surface area (Å²) in [6.07, 6.45) is 9.36. The van der Waals surface area contributed by atoms with Crippen LogP contribution < -0.4 is 31.9 Å². The summed E-state index contributed by atoms with van der Waals surface area (Å²) in [6, 6.07) is 27.2. The maximum Gasteiger partial charge on any atom is 0.243 e. The van der Waals surface area contributed by atoms with Gasteiger partial charge < -0.3 is 31.9 Å². The number of allylic oxidation sites excluding steroid dienone is 2. The highest BCUT2D eigenvalue weighted by Gasteiger charge is 2.21. The first kappa shape index (κ1) is 40.6. The lowest BCUT2D eigenvalue weighted by molar-refractivity contribution is -0.122. The van der Waals surface area contributed by atoms with Crippen molar-refractivity contribution in [2.24, 2.45) is 0 Å². The topological polar surface area (TPSA) is 89.2 Å². The first-order valence-electron chi connectivity index (χ1n) is 19.2. The van der Waals surface area contributed by atoms with Crippen LogP contribution in [0.15, 0.2) is 140 Å². The summed E-state index contributed by atoms with van der Waals surface area (Å²) < 4.78 is 0. The zero-order chi connectivity index (χ0) is 38.0. The van der Waals surface area contributed by atoms with Crippen molar-refractivity contribution in [2.75, 3.05) is 19.6 Å². The molecule has 0 aromatic heterocycles. The van der Waals surface area contributed by atoms with E-state index in [2.05, 4.69) is 151 Å². The molecule has 0 saturated carbocycles. The van der Waals surface area contributed by atoms with Crippen molar-refractivity contribution in [3.63, 3.8) is 0 Å². The number of nitrogens with one attached hydrogen (secondary N) is 6. The van der Waals surface area contributed by atoms with Gasteiger partial charge >= 0.3 is 0 Å². The van der Waals surface area contributed by atoms with Crippen molar-refractivity contribution in [3.8, 4) is 0 Å². The SMILES string of the molecule is C=C(C)NC(Cc1ccc(C)cc1)C(=O)NCC(=C)NC(CC(=C)NC1Cc2ccc(cc2)CCCCN/C(=C/CC)CNC1=C)Cc1ccccc1. The average molecular weight is 715 g/mol. The number of benzene rings is 3. The van der Waals surface area contributed by atoms with Gasteiger partial charge in [0.1, 0.15) is 6.04 Å². The third-order valence-corrected chi connectivity index (χ3v) is 9.46. The maximum atomic E-state index is 13.4. The average Bonchev–Trinajstić information content (AvgIpc) is 3.14. The molecule has 3 unspecified atom stereocenters. The van der Waals surface area contributed by atoms with Crippen LogP contribution in [0.2, 0.25) is 0 Å². The smallest absolute Gasteiger partial charge is 0.243 e. The van der Waals surface area contributed by atoms with Gasteiger partial charge in [0, 0.05) is 53.9 Å². The first-order chi connectivity index (χ1) is 25.6. The molecule has 0 radical (unpaired) electrons. The molecule has 3 aromatic carbocycles. The minimum absolute atomic E-state index is 0.00948. The van der Waals surface area contributed by atoms with Crippen LogP contribution in [0.5, 0.6) is 0 Å². The van der Waals surface area contributed by atoms with Crippen molar-refractivity contribution >= 4 is 5.91 Å². The molecule has 53 heavy (non-hydrogen) atoms. The standard InChI is InChI=1S/C46H62N6O/c1-8-14-42-32-48-37(7)44(29-41-24-22-38(23-25-41)15-12-13-26-47-42)52-35(5)27-43(28-39-16-10-9-11-17-39)51-36(6)31-49-46(53)45(50-33(2)3)30-40-20-18-34(4)19-21-40/h9-11,14,16-25,43-45,47-48,50-52H,2,5-8,12-13,15,26-32H2,1,3-4H3,(H,49,53)/b42-14+. The van der Waals surface area contributed by atoms with E-state index >= 15 is 0 Å². The molecule has 0 saturated heterocycles. The molecule has 0 aliphatic carbocycles. The largest absolute Gasteiger partial charge is 0.387 e. The van der Waals surface area contributed by atoms with Crippen LogP contribution in [0, 0.1) is 6.92 Å². The molecule has 3 aromatic rings. The summed E-state index contributed by atoms with van der Waals surface area (Å²) in [5.41, 5.74) is 10.6. The zero-order valence-electron chi connectivity index (χ0n) is 32.3. The van der Waals surface area contributed by atoms with Crippen molar-refractivity contribution in [3.05, 3.63) is 168 Å². The predicted octanol–water partition coefficient (Wildman–Crippen LogP) is 7.29. The van der Waals surface area contributed by atoms with Gasteiger partial charge in [-0.15, -0.1) is 0 Å². The van der Waals surface area contributed by atoms with E-state index in [1.165, 1.54) is 28.0 Å². The number of carbonyl (C=O) groups excluding carboxylic acids is 1. The highest BCUT2D eigenvalue weighted by Crippen LogP contribution is 2.17. The molecule has 0 fully saturated rings. The second kappa shape index (κ2) is 21.4. The number of fused-ring (bicyclic) bond motifs is 12. The highest BCUT2D eigenvalue weighted by molar-refractivity contribution is 5.82. The first-order valence-corrected chi connectivity index (χ1v) is 19.2. The second-order valence-corrected chi connectivity index (χ2v) is 14.4. The highest BCUT2D eigenvalue weighted by atomic mass is 16.2. The molecule has 0 spiro atoms. The van der Waals surface area contributed by atoms with Crippen molar-refractivity contribution < 1.29 is 4.79 Å². The van der Waals surface area contributed by atoms with Crippen LogP contribution >= 0.6 is 0 Å². The quantitative estimate of drug-likeness (QED) is 0.0935. The third kappa shape index (κ3) is 14.8. The molecule has 6 N–H and O–H groups in total. The lowest BCUT2D eigenvalue weighted by Gasteiger charge is -2.28. The Kier molecular flexibility index (Phi) is 16.4. The predicted molar refractivity (Wildman–Crippen MR) is 223 cm³/mol. The van der Waals surface area contributed by atoms with Crippen LogP contribution in [0.3, 0.4) is 0 Å². The van der Waals surface area contributed by atoms with Gasteiger partial charge in [-0.2, -0.15) is 0 Å². The zero-order valence-corrected chi connectivity index (χ0v) is 32.3. The van der Waals surface area contributed by atoms with Gasteiger partial charge in [0.25, 0.3) is 0 Å². The molecular formula is C46H62N6O. The number of hydrogen-bond acceptors (Lipinski definition) is 6. The summed E-state index contributed by atoms with van der Waals surface area (Å²) in [5.74, 6) is -0.0992. The number of carbonyl (C=O) groups is 1. The van der Waals surface area contributed by atoms with Gasteiger partial charge in [-0.25, -0.2) is 0 Å². The van der Waals surface area contributed by atoms with Crippen molar-refractivity contribution in [1.29, 1.82) is 0 Å². The van der Waals surface area contributed by atoms with E-state index in [0.29, 0.717) is 25.9 Å². The Morgan fingerprint density at radius 3 is 2.26 bits per heavy atom. The van der Waals surface area contributed by atoms with Gasteiger partial charge in [-0.05, 0) is 74.6 Å². The van der Waals surface area contributed by atoms with E-state index in [1.54, 1.807) is 0 Å². The molecule has 2 bridgehead atoms. The molecule has 3 atom stereocenters. The van der Waals surface area contributed by atoms with Gasteiger partial charge in [-0.1, -0.05) is 124 Å². The van der Waals surface area contributed by atoms with E-state index in [1.807, 2.05) is 13.0 Å². The number of amides is 1. The normalized spacial score (nSPS) is 16.8. The van der Waals surface area contributed by atoms with E-state index in [9.17, 15) is 4.79 Å². The van der Waals surface area contributed by atoms with Crippen LogP contribution in [-0.2, 0) is 30.5 Å². The van der Waals surface area contributed by atoms with E-state index in [4.69, 9.17) is 0 Å². The summed E-state index contributed by atoms with van der Waals surface area (Å²) in [5, 5.41) is 21.0. The Balaban J connectivity index is 1.43. The summed E-state index contributed by atoms with van der Waals surface area (Å²) in [6.45, 7) is 25.4. The minimum Gasteiger partial charge on any atom is -0.387 e. The van der Waals surface area contributed by atoms with Crippen molar-refractivity contribution in [2.45, 2.75) is 90.3 Å². The fourth-order valence-corrected chi connectivity index (χ4v) is 6.63. The number of rotatable bonds is 16. The molecule has 2 heterocycles. The van der Waals surface area contributed by atoms with E-state index in [0.717, 1.165) is 73.4 Å². The fraction of sp³-hybridized carbons (Fsp3) is 0.370. The van der Waals surface area contributed by atoms with E-state index < -0.39 is 6.04 Å². The molecule has 2 aliphatic rings. The summed E-state index contributed by atoms with van der Waals surface area (Å²) >= 11 is 0. The molecule has 282 valence electrons. The minimum atomic E-state index is -0.446. The monoisotopic (exact) mass is 714 g/mol. The summed E-state index contributed by atoms with van der Waals surface area (Å²) in [4.78, 5) is 13.4. The lowest BCUT2D eigenvalue weighted by Crippen LogP contribution is -2.46. The Bertz CT molecular complexity index is 1680. The van der Waals surface area contributed by atoms with Crippen molar-refractivity contribution in [1.82, 2.24) is 31.9 Å². The van der Waals surface area contributed by atoms with Gasteiger partial charge in [0.05, 0.1) is 19.1 Å². The van der Waals surface area contributed by atoms with Gasteiger partial charge in [0.2, 0.25) is 5.91 Å². The molecule has 1 amide bonds. The van der Waals surface area contributed by atoms with E-state index in [-0.39, 0.29) is 18.0 Å². The number of aryl methyl sites for hydroxylation is 2. The second-order valence-electron chi connectivity index (χ2n) is 14.4.